The number of hydrogen-bond acceptors (Lipinski definition) is 3. The summed E-state index contributed by atoms with van der Waals surface area (Å²) >= 11 is 5.82. The Morgan fingerprint density at radius 2 is 1.84 bits per heavy atom. The minimum atomic E-state index is -0.316. The predicted octanol–water partition coefficient (Wildman–Crippen LogP) is 4.80. The summed E-state index contributed by atoms with van der Waals surface area (Å²) in [6, 6.07) is 16.7. The number of halogens is 2. The smallest absolute Gasteiger partial charge is 0.229 e. The van der Waals surface area contributed by atoms with E-state index in [2.05, 4.69) is 15.6 Å². The van der Waals surface area contributed by atoms with Gasteiger partial charge in [-0.05, 0) is 48.0 Å². The fourth-order valence-corrected chi connectivity index (χ4v) is 2.38. The number of anilines is 3. The van der Waals surface area contributed by atoms with E-state index in [1.54, 1.807) is 54.7 Å². The lowest BCUT2D eigenvalue weighted by molar-refractivity contribution is -0.115. The molecule has 0 atom stereocenters. The monoisotopic (exact) mass is 355 g/mol. The summed E-state index contributed by atoms with van der Waals surface area (Å²) in [6.45, 7) is 0. The van der Waals surface area contributed by atoms with Crippen molar-refractivity contribution < 1.29 is 9.18 Å². The normalized spacial score (nSPS) is 10.3. The van der Waals surface area contributed by atoms with E-state index in [9.17, 15) is 9.18 Å². The Balaban J connectivity index is 1.58. The highest BCUT2D eigenvalue weighted by molar-refractivity contribution is 6.30. The van der Waals surface area contributed by atoms with Crippen LogP contribution in [-0.2, 0) is 11.2 Å². The van der Waals surface area contributed by atoms with E-state index in [0.29, 0.717) is 22.2 Å². The van der Waals surface area contributed by atoms with Crippen LogP contribution in [0.1, 0.15) is 5.56 Å². The van der Waals surface area contributed by atoms with Crippen LogP contribution in [-0.4, -0.2) is 10.9 Å². The molecule has 4 nitrogen and oxygen atoms in total. The molecule has 0 fully saturated rings. The molecule has 25 heavy (non-hydrogen) atoms. The number of pyridine rings is 1. The molecule has 0 bridgehead atoms. The van der Waals surface area contributed by atoms with Crippen LogP contribution in [0.4, 0.5) is 21.6 Å². The number of benzene rings is 2. The van der Waals surface area contributed by atoms with Crippen molar-refractivity contribution in [2.45, 2.75) is 6.42 Å². The first kappa shape index (κ1) is 16.9. The summed E-state index contributed by atoms with van der Waals surface area (Å²) in [5.74, 6) is -0.0338. The SMILES string of the molecule is O=C(Cc1ccc(Cl)cc1)Nc1ccc(Nc2cccc(F)c2)cn1. The number of hydrogen-bond donors (Lipinski definition) is 2. The molecule has 126 valence electrons. The lowest BCUT2D eigenvalue weighted by Gasteiger charge is -2.08. The third kappa shape index (κ3) is 5.02. The van der Waals surface area contributed by atoms with Crippen molar-refractivity contribution in [2.24, 2.45) is 0 Å². The van der Waals surface area contributed by atoms with E-state index in [1.165, 1.54) is 12.1 Å². The van der Waals surface area contributed by atoms with E-state index >= 15 is 0 Å². The minimum absolute atomic E-state index is 0.166. The number of carbonyl (C=O) groups excluding carboxylic acids is 1. The summed E-state index contributed by atoms with van der Waals surface area (Å²) < 4.78 is 13.2. The largest absolute Gasteiger partial charge is 0.354 e. The average molecular weight is 356 g/mol. The van der Waals surface area contributed by atoms with Crippen molar-refractivity contribution in [3.63, 3.8) is 0 Å². The third-order valence-electron chi connectivity index (χ3n) is 3.42. The summed E-state index contributed by atoms with van der Waals surface area (Å²) in [4.78, 5) is 16.2. The van der Waals surface area contributed by atoms with Gasteiger partial charge in [0.1, 0.15) is 11.6 Å². The fourth-order valence-electron chi connectivity index (χ4n) is 2.25. The van der Waals surface area contributed by atoms with Crippen LogP contribution in [0, 0.1) is 5.82 Å². The number of carbonyl (C=O) groups is 1. The van der Waals surface area contributed by atoms with Gasteiger partial charge in [0.15, 0.2) is 0 Å². The van der Waals surface area contributed by atoms with Gasteiger partial charge in [-0.3, -0.25) is 4.79 Å². The lowest BCUT2D eigenvalue weighted by atomic mass is 10.1. The zero-order valence-corrected chi connectivity index (χ0v) is 13.9. The first-order valence-corrected chi connectivity index (χ1v) is 7.99. The molecule has 0 saturated heterocycles. The minimum Gasteiger partial charge on any atom is -0.354 e. The van der Waals surface area contributed by atoms with Gasteiger partial charge in [0.05, 0.1) is 18.3 Å². The molecule has 3 aromatic rings. The van der Waals surface area contributed by atoms with Crippen molar-refractivity contribution in [3.8, 4) is 0 Å². The van der Waals surface area contributed by atoms with Crippen LogP contribution in [0.2, 0.25) is 5.02 Å². The molecule has 0 aliphatic heterocycles. The van der Waals surface area contributed by atoms with Gasteiger partial charge in [0.2, 0.25) is 5.91 Å². The van der Waals surface area contributed by atoms with Crippen LogP contribution in [0.15, 0.2) is 66.9 Å². The highest BCUT2D eigenvalue weighted by Gasteiger charge is 2.05. The van der Waals surface area contributed by atoms with Gasteiger partial charge in [-0.15, -0.1) is 0 Å². The van der Waals surface area contributed by atoms with Crippen molar-refractivity contribution in [1.82, 2.24) is 4.98 Å². The maximum absolute atomic E-state index is 13.2. The van der Waals surface area contributed by atoms with Gasteiger partial charge in [0, 0.05) is 10.7 Å². The van der Waals surface area contributed by atoms with Crippen LogP contribution in [0.5, 0.6) is 0 Å². The highest BCUT2D eigenvalue weighted by Crippen LogP contribution is 2.18. The van der Waals surface area contributed by atoms with Gasteiger partial charge >= 0.3 is 0 Å². The van der Waals surface area contributed by atoms with E-state index in [4.69, 9.17) is 11.6 Å². The number of rotatable bonds is 5. The second kappa shape index (κ2) is 7.77. The Morgan fingerprint density at radius 1 is 1.04 bits per heavy atom. The van der Waals surface area contributed by atoms with E-state index in [-0.39, 0.29) is 18.1 Å². The molecule has 0 radical (unpaired) electrons. The Bertz CT molecular complexity index is 867. The predicted molar refractivity (Wildman–Crippen MR) is 97.7 cm³/mol. The van der Waals surface area contributed by atoms with Gasteiger partial charge in [0.25, 0.3) is 0 Å². The number of amides is 1. The molecular weight excluding hydrogens is 341 g/mol. The second-order valence-corrected chi connectivity index (χ2v) is 5.86. The molecule has 6 heteroatoms. The summed E-state index contributed by atoms with van der Waals surface area (Å²) in [5, 5.41) is 6.41. The number of nitrogens with one attached hydrogen (secondary N) is 2. The molecule has 1 aromatic heterocycles. The van der Waals surface area contributed by atoms with E-state index in [0.717, 1.165) is 5.56 Å². The van der Waals surface area contributed by atoms with Crippen LogP contribution in [0.3, 0.4) is 0 Å². The average Bonchev–Trinajstić information content (AvgIpc) is 2.59. The Labute approximate surface area is 149 Å². The Morgan fingerprint density at radius 3 is 2.52 bits per heavy atom. The number of aromatic nitrogens is 1. The quantitative estimate of drug-likeness (QED) is 0.691. The molecule has 1 heterocycles. The maximum atomic E-state index is 13.2. The van der Waals surface area contributed by atoms with Gasteiger partial charge < -0.3 is 10.6 Å². The van der Waals surface area contributed by atoms with Crippen molar-refractivity contribution in [2.75, 3.05) is 10.6 Å². The molecule has 1 amide bonds. The summed E-state index contributed by atoms with van der Waals surface area (Å²) in [6.07, 6.45) is 1.81. The van der Waals surface area contributed by atoms with E-state index < -0.39 is 0 Å². The second-order valence-electron chi connectivity index (χ2n) is 5.42. The molecule has 0 unspecified atom stereocenters. The molecular formula is C19H15ClFN3O. The van der Waals surface area contributed by atoms with Crippen LogP contribution in [0.25, 0.3) is 0 Å². The maximum Gasteiger partial charge on any atom is 0.229 e. The molecule has 0 aliphatic rings. The molecule has 0 spiro atoms. The molecule has 0 aliphatic carbocycles. The molecule has 3 rings (SSSR count). The standard InChI is InChI=1S/C19H15ClFN3O/c20-14-6-4-13(5-7-14)10-19(25)24-18-9-8-17(12-22-18)23-16-3-1-2-15(21)11-16/h1-9,11-12,23H,10H2,(H,22,24,25). The number of nitrogens with zero attached hydrogens (tertiary/aromatic N) is 1. The van der Waals surface area contributed by atoms with Gasteiger partial charge in [-0.1, -0.05) is 29.8 Å². The first-order valence-electron chi connectivity index (χ1n) is 7.61. The summed E-state index contributed by atoms with van der Waals surface area (Å²) in [7, 11) is 0. The van der Waals surface area contributed by atoms with Crippen LogP contribution >= 0.6 is 11.6 Å². The van der Waals surface area contributed by atoms with Gasteiger partial charge in [-0.25, -0.2) is 9.37 Å². The van der Waals surface area contributed by atoms with Crippen molar-refractivity contribution in [1.29, 1.82) is 0 Å². The fraction of sp³-hybridized carbons (Fsp3) is 0.0526. The third-order valence-corrected chi connectivity index (χ3v) is 3.67. The highest BCUT2D eigenvalue weighted by atomic mass is 35.5. The van der Waals surface area contributed by atoms with Crippen LogP contribution < -0.4 is 10.6 Å². The van der Waals surface area contributed by atoms with Crippen molar-refractivity contribution in [3.05, 3.63) is 83.3 Å². The van der Waals surface area contributed by atoms with Gasteiger partial charge in [-0.2, -0.15) is 0 Å². The topological polar surface area (TPSA) is 54.0 Å². The Kier molecular flexibility index (Phi) is 5.26. The van der Waals surface area contributed by atoms with E-state index in [1.807, 2.05) is 0 Å². The Hall–Kier alpha value is -2.92. The zero-order valence-electron chi connectivity index (χ0n) is 13.2. The first-order chi connectivity index (χ1) is 12.1. The molecule has 2 aromatic carbocycles. The molecule has 2 N–H and O–H groups in total. The summed E-state index contributed by atoms with van der Waals surface area (Å²) in [5.41, 5.74) is 2.19. The molecule has 0 saturated carbocycles. The lowest BCUT2D eigenvalue weighted by Crippen LogP contribution is -2.15. The van der Waals surface area contributed by atoms with Crippen molar-refractivity contribution >= 4 is 34.7 Å². The zero-order chi connectivity index (χ0) is 17.6.